The van der Waals surface area contributed by atoms with E-state index in [0.717, 1.165) is 18.2 Å². The van der Waals surface area contributed by atoms with E-state index >= 15 is 0 Å². The molecule has 0 unspecified atom stereocenters. The molecule has 0 N–H and O–H groups in total. The lowest BCUT2D eigenvalue weighted by atomic mass is 10.2. The minimum Gasteiger partial charge on any atom is -0.487 e. The zero-order chi connectivity index (χ0) is 16.7. The molecule has 3 nitrogen and oxygen atoms in total. The van der Waals surface area contributed by atoms with Crippen LogP contribution in [0.15, 0.2) is 36.5 Å². The molecule has 1 aliphatic carbocycles. The smallest absolute Gasteiger partial charge is 0.132 e. The summed E-state index contributed by atoms with van der Waals surface area (Å²) in [5.41, 5.74) is 4.75. The van der Waals surface area contributed by atoms with Crippen molar-refractivity contribution in [1.29, 1.82) is 0 Å². The molecule has 0 saturated heterocycles. The van der Waals surface area contributed by atoms with E-state index in [2.05, 4.69) is 29.5 Å². The highest BCUT2D eigenvalue weighted by atomic mass is 35.5. The Morgan fingerprint density at radius 1 is 1.16 bits per heavy atom. The average Bonchev–Trinajstić information content (AvgIpc) is 3.38. The van der Waals surface area contributed by atoms with E-state index in [4.69, 9.17) is 4.74 Å². The molecule has 1 saturated carbocycles. The van der Waals surface area contributed by atoms with Gasteiger partial charge in [-0.1, -0.05) is 0 Å². The Morgan fingerprint density at radius 2 is 1.88 bits per heavy atom. The van der Waals surface area contributed by atoms with Crippen LogP contribution in [0.25, 0.3) is 10.9 Å². The second kappa shape index (κ2) is 7.04. The molecule has 132 valence electrons. The molecular formula is C20H22ClFN2O. The van der Waals surface area contributed by atoms with Crippen molar-refractivity contribution in [3.8, 4) is 5.75 Å². The van der Waals surface area contributed by atoms with Gasteiger partial charge < -0.3 is 9.30 Å². The number of pyridine rings is 1. The first kappa shape index (κ1) is 17.7. The van der Waals surface area contributed by atoms with Crippen LogP contribution >= 0.6 is 12.4 Å². The molecule has 1 aromatic carbocycles. The minimum absolute atomic E-state index is 0. The predicted octanol–water partition coefficient (Wildman–Crippen LogP) is 5.20. The van der Waals surface area contributed by atoms with Gasteiger partial charge in [0.1, 0.15) is 23.9 Å². The SMILES string of the molecule is Cc1c(C)n(CC2CC2)c2c(COc3ccc(F)cc3)nccc12.Cl. The third kappa shape index (κ3) is 3.49. The normalized spacial score (nSPS) is 13.7. The van der Waals surface area contributed by atoms with Crippen LogP contribution in [0, 0.1) is 25.6 Å². The maximum absolute atomic E-state index is 13.0. The van der Waals surface area contributed by atoms with Gasteiger partial charge in [0.25, 0.3) is 0 Å². The number of aryl methyl sites for hydroxylation is 1. The molecule has 3 aromatic rings. The van der Waals surface area contributed by atoms with E-state index < -0.39 is 0 Å². The number of ether oxygens (including phenoxy) is 1. The second-order valence-corrected chi connectivity index (χ2v) is 6.66. The van der Waals surface area contributed by atoms with E-state index in [1.165, 1.54) is 47.1 Å². The average molecular weight is 361 g/mol. The van der Waals surface area contributed by atoms with Crippen LogP contribution in [0.2, 0.25) is 0 Å². The van der Waals surface area contributed by atoms with Crippen LogP contribution in [0.4, 0.5) is 4.39 Å². The second-order valence-electron chi connectivity index (χ2n) is 6.66. The van der Waals surface area contributed by atoms with Gasteiger partial charge in [-0.05, 0) is 68.5 Å². The Kier molecular flexibility index (Phi) is 5.00. The van der Waals surface area contributed by atoms with Gasteiger partial charge in [-0.2, -0.15) is 0 Å². The maximum atomic E-state index is 13.0. The Labute approximate surface area is 153 Å². The Morgan fingerprint density at radius 3 is 2.56 bits per heavy atom. The van der Waals surface area contributed by atoms with Crippen LogP contribution in [0.5, 0.6) is 5.75 Å². The summed E-state index contributed by atoms with van der Waals surface area (Å²) in [6, 6.07) is 8.20. The molecule has 1 fully saturated rings. The molecule has 0 spiro atoms. The molecule has 0 bridgehead atoms. The third-order valence-electron chi connectivity index (χ3n) is 4.95. The van der Waals surface area contributed by atoms with Gasteiger partial charge in [-0.25, -0.2) is 4.39 Å². The van der Waals surface area contributed by atoms with Crippen LogP contribution in [0.3, 0.4) is 0 Å². The maximum Gasteiger partial charge on any atom is 0.132 e. The Bertz CT molecular complexity index is 885. The van der Waals surface area contributed by atoms with Crippen LogP contribution < -0.4 is 4.74 Å². The number of benzene rings is 1. The summed E-state index contributed by atoms with van der Waals surface area (Å²) in [6.07, 6.45) is 4.49. The molecule has 2 aromatic heterocycles. The summed E-state index contributed by atoms with van der Waals surface area (Å²) in [7, 11) is 0. The highest BCUT2D eigenvalue weighted by Crippen LogP contribution is 2.35. The van der Waals surface area contributed by atoms with Crippen molar-refractivity contribution in [1.82, 2.24) is 9.55 Å². The van der Waals surface area contributed by atoms with E-state index in [0.29, 0.717) is 12.4 Å². The highest BCUT2D eigenvalue weighted by Gasteiger charge is 2.25. The topological polar surface area (TPSA) is 27.1 Å². The molecule has 0 aliphatic heterocycles. The monoisotopic (exact) mass is 360 g/mol. The molecule has 5 heteroatoms. The molecule has 4 rings (SSSR count). The standard InChI is InChI=1S/C20H21FN2O.ClH/c1-13-14(2)23(11-15-3-4-15)20-18(13)9-10-22-19(20)12-24-17-7-5-16(21)6-8-17;/h5-10,15H,3-4,11-12H2,1-2H3;1H. The number of halogens is 2. The summed E-state index contributed by atoms with van der Waals surface area (Å²) < 4.78 is 21.3. The number of nitrogens with zero attached hydrogens (tertiary/aromatic N) is 2. The number of aromatic nitrogens is 2. The van der Waals surface area contributed by atoms with Gasteiger partial charge in [0.15, 0.2) is 0 Å². The molecule has 0 radical (unpaired) electrons. The zero-order valence-electron chi connectivity index (χ0n) is 14.5. The molecular weight excluding hydrogens is 339 g/mol. The first-order valence-corrected chi connectivity index (χ1v) is 8.45. The van der Waals surface area contributed by atoms with Gasteiger partial charge >= 0.3 is 0 Å². The lowest BCUT2D eigenvalue weighted by molar-refractivity contribution is 0.302. The predicted molar refractivity (Wildman–Crippen MR) is 99.9 cm³/mol. The molecule has 2 heterocycles. The lowest BCUT2D eigenvalue weighted by Crippen LogP contribution is -2.06. The summed E-state index contributed by atoms with van der Waals surface area (Å²) in [5, 5.41) is 1.25. The van der Waals surface area contributed by atoms with E-state index in [1.54, 1.807) is 12.1 Å². The number of fused-ring (bicyclic) bond motifs is 1. The van der Waals surface area contributed by atoms with Crippen molar-refractivity contribution in [3.05, 3.63) is 59.3 Å². The summed E-state index contributed by atoms with van der Waals surface area (Å²) in [6.45, 7) is 5.80. The van der Waals surface area contributed by atoms with Crippen LogP contribution in [-0.2, 0) is 13.2 Å². The van der Waals surface area contributed by atoms with Gasteiger partial charge in [-0.3, -0.25) is 4.98 Å². The van der Waals surface area contributed by atoms with Crippen molar-refractivity contribution in [2.24, 2.45) is 5.92 Å². The fraction of sp³-hybridized carbons (Fsp3) is 0.350. The van der Waals surface area contributed by atoms with E-state index in [1.807, 2.05) is 6.20 Å². The highest BCUT2D eigenvalue weighted by molar-refractivity contribution is 5.87. The fourth-order valence-electron chi connectivity index (χ4n) is 3.24. The largest absolute Gasteiger partial charge is 0.487 e. The number of hydrogen-bond donors (Lipinski definition) is 0. The van der Waals surface area contributed by atoms with Gasteiger partial charge in [-0.15, -0.1) is 12.4 Å². The molecule has 25 heavy (non-hydrogen) atoms. The molecule has 0 atom stereocenters. The van der Waals surface area contributed by atoms with E-state index in [-0.39, 0.29) is 18.2 Å². The first-order chi connectivity index (χ1) is 11.6. The summed E-state index contributed by atoms with van der Waals surface area (Å²) >= 11 is 0. The van der Waals surface area contributed by atoms with Crippen molar-refractivity contribution < 1.29 is 9.13 Å². The van der Waals surface area contributed by atoms with E-state index in [9.17, 15) is 4.39 Å². The first-order valence-electron chi connectivity index (χ1n) is 8.45. The lowest BCUT2D eigenvalue weighted by Gasteiger charge is -2.11. The van der Waals surface area contributed by atoms with Gasteiger partial charge in [0, 0.05) is 23.8 Å². The van der Waals surface area contributed by atoms with Crippen molar-refractivity contribution in [2.45, 2.75) is 39.8 Å². The van der Waals surface area contributed by atoms with Crippen LogP contribution in [0.1, 0.15) is 29.8 Å². The Hall–Kier alpha value is -2.07. The molecule has 0 amide bonds. The fourth-order valence-corrected chi connectivity index (χ4v) is 3.24. The quantitative estimate of drug-likeness (QED) is 0.625. The van der Waals surface area contributed by atoms with Crippen molar-refractivity contribution in [2.75, 3.05) is 0 Å². The summed E-state index contributed by atoms with van der Waals surface area (Å²) in [4.78, 5) is 4.56. The van der Waals surface area contributed by atoms with Crippen molar-refractivity contribution >= 4 is 23.3 Å². The molecule has 1 aliphatic rings. The third-order valence-corrected chi connectivity index (χ3v) is 4.95. The number of rotatable bonds is 5. The zero-order valence-corrected chi connectivity index (χ0v) is 15.3. The van der Waals surface area contributed by atoms with Gasteiger partial charge in [0.2, 0.25) is 0 Å². The van der Waals surface area contributed by atoms with Crippen molar-refractivity contribution in [3.63, 3.8) is 0 Å². The Balaban J connectivity index is 0.00000182. The summed E-state index contributed by atoms with van der Waals surface area (Å²) in [5.74, 6) is 1.20. The van der Waals surface area contributed by atoms with Crippen LogP contribution in [-0.4, -0.2) is 9.55 Å². The number of hydrogen-bond acceptors (Lipinski definition) is 2. The minimum atomic E-state index is -0.257. The van der Waals surface area contributed by atoms with Gasteiger partial charge in [0.05, 0.1) is 5.52 Å².